The van der Waals surface area contributed by atoms with Gasteiger partial charge in [0.25, 0.3) is 0 Å². The van der Waals surface area contributed by atoms with Crippen LogP contribution in [0.3, 0.4) is 0 Å². The Labute approximate surface area is 128 Å². The van der Waals surface area contributed by atoms with E-state index >= 15 is 0 Å². The van der Waals surface area contributed by atoms with E-state index in [9.17, 15) is 14.7 Å². The Morgan fingerprint density at radius 1 is 0.909 bits per heavy atom. The molecule has 4 rings (SSSR count). The fourth-order valence-electron chi connectivity index (χ4n) is 3.59. The van der Waals surface area contributed by atoms with Crippen molar-refractivity contribution in [2.75, 3.05) is 4.90 Å². The van der Waals surface area contributed by atoms with Crippen LogP contribution in [-0.4, -0.2) is 16.9 Å². The molecule has 0 spiro atoms. The van der Waals surface area contributed by atoms with E-state index in [0.717, 1.165) is 11.1 Å². The largest absolute Gasteiger partial charge is 0.388 e. The van der Waals surface area contributed by atoms with Crippen LogP contribution < -0.4 is 4.90 Å². The number of aliphatic hydroxyl groups is 1. The zero-order chi connectivity index (χ0) is 15.3. The number of aliphatic hydroxyl groups excluding tert-OH is 1. The Morgan fingerprint density at radius 3 is 2.36 bits per heavy atom. The fourth-order valence-corrected chi connectivity index (χ4v) is 3.59. The lowest BCUT2D eigenvalue weighted by molar-refractivity contribution is -0.125. The predicted molar refractivity (Wildman–Crippen MR) is 81.0 cm³/mol. The molecule has 1 fully saturated rings. The molecule has 1 aliphatic heterocycles. The Balaban J connectivity index is 1.78. The summed E-state index contributed by atoms with van der Waals surface area (Å²) in [5.41, 5.74) is 2.29. The third-order valence-electron chi connectivity index (χ3n) is 4.64. The number of imide groups is 1. The van der Waals surface area contributed by atoms with Gasteiger partial charge in [0, 0.05) is 0 Å². The lowest BCUT2D eigenvalue weighted by Crippen LogP contribution is -2.32. The van der Waals surface area contributed by atoms with Gasteiger partial charge in [0.15, 0.2) is 0 Å². The van der Waals surface area contributed by atoms with Gasteiger partial charge >= 0.3 is 0 Å². The quantitative estimate of drug-likeness (QED) is 0.819. The number of hydrogen-bond donors (Lipinski definition) is 1. The number of fused-ring (bicyclic) bond motifs is 2. The molecule has 0 unspecified atom stereocenters. The number of carbonyl (C=O) groups excluding carboxylic acids is 2. The van der Waals surface area contributed by atoms with Gasteiger partial charge in [0.2, 0.25) is 11.8 Å². The van der Waals surface area contributed by atoms with Crippen molar-refractivity contribution in [3.63, 3.8) is 0 Å². The van der Waals surface area contributed by atoms with Gasteiger partial charge in [-0.2, -0.15) is 0 Å². The SMILES string of the molecule is O=C1[C@H]2[C@H](Cc3ccccc3[C@H]2O)C(=O)N1c1ccccc1. The third-order valence-corrected chi connectivity index (χ3v) is 4.64. The lowest BCUT2D eigenvalue weighted by Gasteiger charge is -2.29. The Bertz CT molecular complexity index is 756. The van der Waals surface area contributed by atoms with Crippen molar-refractivity contribution < 1.29 is 14.7 Å². The maximum Gasteiger partial charge on any atom is 0.240 e. The average Bonchev–Trinajstić information content (AvgIpc) is 2.80. The number of nitrogens with zero attached hydrogens (tertiary/aromatic N) is 1. The van der Waals surface area contributed by atoms with Crippen molar-refractivity contribution in [2.45, 2.75) is 12.5 Å². The Morgan fingerprint density at radius 2 is 1.59 bits per heavy atom. The molecule has 22 heavy (non-hydrogen) atoms. The van der Waals surface area contributed by atoms with Gasteiger partial charge in [0.05, 0.1) is 23.6 Å². The average molecular weight is 293 g/mol. The van der Waals surface area contributed by atoms with E-state index in [2.05, 4.69) is 0 Å². The van der Waals surface area contributed by atoms with E-state index in [1.807, 2.05) is 30.3 Å². The molecule has 1 heterocycles. The van der Waals surface area contributed by atoms with Crippen LogP contribution in [0.2, 0.25) is 0 Å². The first-order chi connectivity index (χ1) is 10.7. The second-order valence-corrected chi connectivity index (χ2v) is 5.83. The minimum atomic E-state index is -0.917. The number of carbonyl (C=O) groups is 2. The van der Waals surface area contributed by atoms with Crippen LogP contribution in [0, 0.1) is 11.8 Å². The highest BCUT2D eigenvalue weighted by Gasteiger charge is 2.53. The summed E-state index contributed by atoms with van der Waals surface area (Å²) < 4.78 is 0. The van der Waals surface area contributed by atoms with E-state index in [4.69, 9.17) is 0 Å². The summed E-state index contributed by atoms with van der Waals surface area (Å²) in [6.45, 7) is 0. The molecular formula is C18H15NO3. The molecule has 1 aliphatic carbocycles. The number of rotatable bonds is 1. The van der Waals surface area contributed by atoms with Crippen molar-refractivity contribution in [3.05, 3.63) is 65.7 Å². The summed E-state index contributed by atoms with van der Waals surface area (Å²) in [5, 5.41) is 10.6. The summed E-state index contributed by atoms with van der Waals surface area (Å²) in [6, 6.07) is 16.4. The van der Waals surface area contributed by atoms with E-state index < -0.39 is 17.9 Å². The molecule has 0 saturated carbocycles. The highest BCUT2D eigenvalue weighted by atomic mass is 16.3. The molecule has 110 valence electrons. The summed E-state index contributed by atoms with van der Waals surface area (Å²) in [6.07, 6.45) is -0.411. The standard InChI is InChI=1S/C18H15NO3/c20-16-13-9-5-4-6-11(13)10-14-15(16)18(22)19(17(14)21)12-7-2-1-3-8-12/h1-9,14-16,20H,10H2/t14-,15-,16+/m0/s1. The molecule has 1 N–H and O–H groups in total. The van der Waals surface area contributed by atoms with Gasteiger partial charge in [-0.15, -0.1) is 0 Å². The van der Waals surface area contributed by atoms with Crippen molar-refractivity contribution in [1.29, 1.82) is 0 Å². The number of amides is 2. The molecule has 2 amide bonds. The van der Waals surface area contributed by atoms with Gasteiger partial charge < -0.3 is 5.11 Å². The topological polar surface area (TPSA) is 57.6 Å². The van der Waals surface area contributed by atoms with E-state index in [1.54, 1.807) is 24.3 Å². The van der Waals surface area contributed by atoms with E-state index in [-0.39, 0.29) is 11.8 Å². The number of hydrogen-bond acceptors (Lipinski definition) is 3. The molecule has 0 aromatic heterocycles. The van der Waals surface area contributed by atoms with Crippen LogP contribution >= 0.6 is 0 Å². The summed E-state index contributed by atoms with van der Waals surface area (Å²) in [4.78, 5) is 26.6. The van der Waals surface area contributed by atoms with Gasteiger partial charge in [0.1, 0.15) is 0 Å². The first-order valence-corrected chi connectivity index (χ1v) is 7.37. The minimum Gasteiger partial charge on any atom is -0.388 e. The van der Waals surface area contributed by atoms with Crippen molar-refractivity contribution >= 4 is 17.5 Å². The zero-order valence-corrected chi connectivity index (χ0v) is 11.8. The van der Waals surface area contributed by atoms with Crippen molar-refractivity contribution in [1.82, 2.24) is 0 Å². The first-order valence-electron chi connectivity index (χ1n) is 7.37. The van der Waals surface area contributed by atoms with Crippen molar-refractivity contribution in [3.8, 4) is 0 Å². The van der Waals surface area contributed by atoms with Gasteiger partial charge in [-0.3, -0.25) is 9.59 Å². The zero-order valence-electron chi connectivity index (χ0n) is 11.8. The van der Waals surface area contributed by atoms with Gasteiger partial charge in [-0.25, -0.2) is 4.90 Å². The first kappa shape index (κ1) is 13.2. The number of para-hydroxylation sites is 1. The molecular weight excluding hydrogens is 278 g/mol. The monoisotopic (exact) mass is 293 g/mol. The maximum atomic E-state index is 12.7. The highest BCUT2D eigenvalue weighted by Crippen LogP contribution is 2.44. The summed E-state index contributed by atoms with van der Waals surface area (Å²) >= 11 is 0. The summed E-state index contributed by atoms with van der Waals surface area (Å²) in [5.74, 6) is -1.67. The smallest absolute Gasteiger partial charge is 0.240 e. The normalized spacial score (nSPS) is 26.8. The van der Waals surface area contributed by atoms with Crippen molar-refractivity contribution in [2.24, 2.45) is 11.8 Å². The summed E-state index contributed by atoms with van der Waals surface area (Å²) in [7, 11) is 0. The molecule has 3 atom stereocenters. The lowest BCUT2D eigenvalue weighted by atomic mass is 9.75. The van der Waals surface area contributed by atoms with Gasteiger partial charge in [-0.05, 0) is 29.7 Å². The Hall–Kier alpha value is -2.46. The minimum absolute atomic E-state index is 0.213. The van der Waals surface area contributed by atoms with E-state index in [1.165, 1.54) is 4.90 Å². The molecule has 2 aromatic rings. The predicted octanol–water partition coefficient (Wildman–Crippen LogP) is 2.08. The second kappa shape index (κ2) is 4.78. The van der Waals surface area contributed by atoms with E-state index in [0.29, 0.717) is 12.1 Å². The van der Waals surface area contributed by atoms with Crippen LogP contribution in [-0.2, 0) is 16.0 Å². The second-order valence-electron chi connectivity index (χ2n) is 5.83. The molecule has 2 aromatic carbocycles. The van der Waals surface area contributed by atoms with Crippen LogP contribution in [0.15, 0.2) is 54.6 Å². The third kappa shape index (κ3) is 1.74. The van der Waals surface area contributed by atoms with Crippen LogP contribution in [0.1, 0.15) is 17.2 Å². The number of benzene rings is 2. The van der Waals surface area contributed by atoms with Crippen LogP contribution in [0.4, 0.5) is 5.69 Å². The number of anilines is 1. The molecule has 1 saturated heterocycles. The van der Waals surface area contributed by atoms with Crippen LogP contribution in [0.5, 0.6) is 0 Å². The molecule has 4 heteroatoms. The molecule has 2 aliphatic rings. The van der Waals surface area contributed by atoms with Crippen LogP contribution in [0.25, 0.3) is 0 Å². The Kier molecular flexibility index (Phi) is 2.87. The fraction of sp³-hybridized carbons (Fsp3) is 0.222. The highest BCUT2D eigenvalue weighted by molar-refractivity contribution is 6.22. The molecule has 0 bridgehead atoms. The molecule has 4 nitrogen and oxygen atoms in total. The maximum absolute atomic E-state index is 12.7. The van der Waals surface area contributed by atoms with Gasteiger partial charge in [-0.1, -0.05) is 42.5 Å². The molecule has 0 radical (unpaired) electrons.